The van der Waals surface area contributed by atoms with Crippen molar-refractivity contribution in [3.8, 4) is 11.5 Å². The van der Waals surface area contributed by atoms with Crippen molar-refractivity contribution >= 4 is 28.9 Å². The molecular weight excluding hydrogens is 306 g/mol. The van der Waals surface area contributed by atoms with E-state index in [-0.39, 0.29) is 5.11 Å². The van der Waals surface area contributed by atoms with Gasteiger partial charge in [0.15, 0.2) is 5.11 Å². The second-order valence-corrected chi connectivity index (χ2v) is 4.56. The zero-order valence-electron chi connectivity index (χ0n) is 12.0. The number of methoxy groups -OCH3 is 2. The number of hydrazine groups is 1. The number of thiocarbonyl (C=S) groups is 1. The van der Waals surface area contributed by atoms with E-state index in [4.69, 9.17) is 31.8 Å². The van der Waals surface area contributed by atoms with Crippen LogP contribution in [0.2, 0.25) is 0 Å². The van der Waals surface area contributed by atoms with Crippen LogP contribution in [-0.2, 0) is 0 Å². The second kappa shape index (κ2) is 6.81. The molecular formula is C14H15N3O4S. The van der Waals surface area contributed by atoms with Crippen molar-refractivity contribution < 1.29 is 18.7 Å². The molecule has 7 nitrogen and oxygen atoms in total. The van der Waals surface area contributed by atoms with Gasteiger partial charge in [-0.1, -0.05) is 6.07 Å². The van der Waals surface area contributed by atoms with Gasteiger partial charge in [-0.2, -0.15) is 0 Å². The highest BCUT2D eigenvalue weighted by molar-refractivity contribution is 7.80. The number of anilines is 1. The van der Waals surface area contributed by atoms with Gasteiger partial charge in [0.25, 0.3) is 5.91 Å². The molecule has 0 aliphatic heterocycles. The third kappa shape index (κ3) is 3.12. The summed E-state index contributed by atoms with van der Waals surface area (Å²) in [5.74, 6) is 0.453. The van der Waals surface area contributed by atoms with Crippen LogP contribution in [0, 0.1) is 0 Å². The number of nitrogens with zero attached hydrogens (tertiary/aromatic N) is 1. The fourth-order valence-electron chi connectivity index (χ4n) is 1.83. The Morgan fingerprint density at radius 2 is 1.91 bits per heavy atom. The highest BCUT2D eigenvalue weighted by Gasteiger charge is 2.22. The summed E-state index contributed by atoms with van der Waals surface area (Å²) in [6.07, 6.45) is 2.70. The Bertz CT molecular complexity index is 650. The van der Waals surface area contributed by atoms with Crippen LogP contribution in [0.4, 0.5) is 5.69 Å². The molecule has 0 bridgehead atoms. The number of hydrogen-bond acceptors (Lipinski definition) is 5. The summed E-state index contributed by atoms with van der Waals surface area (Å²) in [5.41, 5.74) is 9.05. The molecule has 0 fully saturated rings. The minimum absolute atomic E-state index is 0.0698. The maximum atomic E-state index is 12.2. The lowest BCUT2D eigenvalue weighted by molar-refractivity contribution is 0.0954. The van der Waals surface area contributed by atoms with E-state index >= 15 is 0 Å². The number of furan rings is 1. The van der Waals surface area contributed by atoms with Crippen molar-refractivity contribution in [1.29, 1.82) is 0 Å². The number of amides is 1. The SMILES string of the molecule is COc1cccc(OC)c1N(NC(=O)c1ccoc1)C(N)=S. The molecule has 22 heavy (non-hydrogen) atoms. The summed E-state index contributed by atoms with van der Waals surface area (Å²) < 4.78 is 15.4. The first-order valence-corrected chi connectivity index (χ1v) is 6.63. The number of rotatable bonds is 4. The Morgan fingerprint density at radius 3 is 2.36 bits per heavy atom. The van der Waals surface area contributed by atoms with Gasteiger partial charge in [0.05, 0.1) is 26.0 Å². The van der Waals surface area contributed by atoms with E-state index in [1.807, 2.05) is 0 Å². The van der Waals surface area contributed by atoms with Crippen molar-refractivity contribution in [2.45, 2.75) is 0 Å². The van der Waals surface area contributed by atoms with Crippen LogP contribution in [-0.4, -0.2) is 25.2 Å². The summed E-state index contributed by atoms with van der Waals surface area (Å²) in [5, 5.41) is 1.15. The Morgan fingerprint density at radius 1 is 1.27 bits per heavy atom. The standard InChI is InChI=1S/C14H15N3O4S/c1-19-10-4-3-5-11(20-2)12(10)17(14(15)22)16-13(18)9-6-7-21-8-9/h3-8H,1-2H3,(H2,15,22)(H,16,18). The largest absolute Gasteiger partial charge is 0.494 e. The number of ether oxygens (including phenoxy) is 2. The van der Waals surface area contributed by atoms with Gasteiger partial charge in [-0.05, 0) is 30.4 Å². The maximum absolute atomic E-state index is 12.2. The predicted octanol–water partition coefficient (Wildman–Crippen LogP) is 1.69. The lowest BCUT2D eigenvalue weighted by Gasteiger charge is -2.26. The van der Waals surface area contributed by atoms with Crippen molar-refractivity contribution in [3.05, 3.63) is 42.4 Å². The second-order valence-electron chi connectivity index (χ2n) is 4.14. The van der Waals surface area contributed by atoms with Crippen molar-refractivity contribution in [3.63, 3.8) is 0 Å². The Kier molecular flexibility index (Phi) is 4.84. The van der Waals surface area contributed by atoms with Gasteiger partial charge in [0, 0.05) is 0 Å². The average molecular weight is 321 g/mol. The van der Waals surface area contributed by atoms with Gasteiger partial charge < -0.3 is 19.6 Å². The van der Waals surface area contributed by atoms with Gasteiger partial charge in [0.1, 0.15) is 23.4 Å². The number of nitrogens with one attached hydrogen (secondary N) is 1. The number of carbonyl (C=O) groups is 1. The minimum atomic E-state index is -0.436. The van der Waals surface area contributed by atoms with Crippen molar-refractivity contribution in [2.24, 2.45) is 5.73 Å². The van der Waals surface area contributed by atoms with Crippen LogP contribution in [0.15, 0.2) is 41.2 Å². The molecule has 8 heteroatoms. The van der Waals surface area contributed by atoms with Crippen LogP contribution in [0.3, 0.4) is 0 Å². The molecule has 3 N–H and O–H groups in total. The third-order valence-electron chi connectivity index (χ3n) is 2.84. The van der Waals surface area contributed by atoms with E-state index in [2.05, 4.69) is 5.43 Å². The predicted molar refractivity (Wildman–Crippen MR) is 85.0 cm³/mol. The fourth-order valence-corrected chi connectivity index (χ4v) is 1.97. The van der Waals surface area contributed by atoms with Crippen LogP contribution >= 0.6 is 12.2 Å². The molecule has 0 atom stereocenters. The molecule has 1 amide bonds. The molecule has 0 saturated heterocycles. The summed E-state index contributed by atoms with van der Waals surface area (Å²) in [7, 11) is 2.99. The first-order valence-electron chi connectivity index (χ1n) is 6.22. The van der Waals surface area contributed by atoms with Crippen molar-refractivity contribution in [2.75, 3.05) is 19.2 Å². The monoisotopic (exact) mass is 321 g/mol. The van der Waals surface area contributed by atoms with Gasteiger partial charge in [-0.15, -0.1) is 0 Å². The lowest BCUT2D eigenvalue weighted by atomic mass is 10.2. The number of hydrogen-bond donors (Lipinski definition) is 2. The van der Waals surface area contributed by atoms with Gasteiger partial charge in [-0.25, -0.2) is 5.01 Å². The Labute approximate surface area is 132 Å². The van der Waals surface area contributed by atoms with Crippen LogP contribution in [0.1, 0.15) is 10.4 Å². The summed E-state index contributed by atoms with van der Waals surface area (Å²) in [4.78, 5) is 12.2. The van der Waals surface area contributed by atoms with E-state index in [0.717, 1.165) is 0 Å². The molecule has 116 valence electrons. The van der Waals surface area contributed by atoms with Crippen molar-refractivity contribution in [1.82, 2.24) is 5.43 Å². The highest BCUT2D eigenvalue weighted by Crippen LogP contribution is 2.36. The molecule has 0 radical (unpaired) electrons. The summed E-state index contributed by atoms with van der Waals surface area (Å²) >= 11 is 5.02. The number of nitrogens with two attached hydrogens (primary N) is 1. The molecule has 0 saturated carbocycles. The number of benzene rings is 1. The smallest absolute Gasteiger partial charge is 0.273 e. The summed E-state index contributed by atoms with van der Waals surface area (Å²) in [6, 6.07) is 6.67. The number of carbonyl (C=O) groups excluding carboxylic acids is 1. The molecule has 0 unspecified atom stereocenters. The minimum Gasteiger partial charge on any atom is -0.494 e. The van der Waals surface area contributed by atoms with Gasteiger partial charge >= 0.3 is 0 Å². The lowest BCUT2D eigenvalue weighted by Crippen LogP contribution is -2.49. The molecule has 2 rings (SSSR count). The Balaban J connectivity index is 2.40. The molecule has 0 aliphatic carbocycles. The van der Waals surface area contributed by atoms with Gasteiger partial charge in [-0.3, -0.25) is 10.2 Å². The Hall–Kier alpha value is -2.74. The third-order valence-corrected chi connectivity index (χ3v) is 3.03. The van der Waals surface area contributed by atoms with Crippen LogP contribution < -0.4 is 25.6 Å². The molecule has 1 aromatic carbocycles. The zero-order valence-corrected chi connectivity index (χ0v) is 12.8. The maximum Gasteiger partial charge on any atom is 0.273 e. The van der Waals surface area contributed by atoms with Crippen LogP contribution in [0.5, 0.6) is 11.5 Å². The van der Waals surface area contributed by atoms with E-state index in [9.17, 15) is 4.79 Å². The fraction of sp³-hybridized carbons (Fsp3) is 0.143. The normalized spacial score (nSPS) is 9.91. The number of para-hydroxylation sites is 1. The van der Waals surface area contributed by atoms with Crippen LogP contribution in [0.25, 0.3) is 0 Å². The van der Waals surface area contributed by atoms with E-state index in [1.54, 1.807) is 18.2 Å². The summed E-state index contributed by atoms with van der Waals surface area (Å²) in [6.45, 7) is 0. The quantitative estimate of drug-likeness (QED) is 0.654. The zero-order chi connectivity index (χ0) is 16.1. The molecule has 1 aromatic heterocycles. The highest BCUT2D eigenvalue weighted by atomic mass is 32.1. The average Bonchev–Trinajstić information content (AvgIpc) is 3.05. The van der Waals surface area contributed by atoms with E-state index in [1.165, 1.54) is 37.8 Å². The molecule has 1 heterocycles. The first-order chi connectivity index (χ1) is 10.6. The molecule has 0 spiro atoms. The first kappa shape index (κ1) is 15.6. The van der Waals surface area contributed by atoms with E-state index in [0.29, 0.717) is 22.7 Å². The molecule has 2 aromatic rings. The molecule has 0 aliphatic rings. The topological polar surface area (TPSA) is 90.0 Å². The van der Waals surface area contributed by atoms with Gasteiger partial charge in [0.2, 0.25) is 0 Å². The van der Waals surface area contributed by atoms with E-state index < -0.39 is 5.91 Å².